The van der Waals surface area contributed by atoms with Gasteiger partial charge in [-0.3, -0.25) is 10.1 Å². The molecule has 33 heavy (non-hydrogen) atoms. The Bertz CT molecular complexity index is 1110. The van der Waals surface area contributed by atoms with Crippen molar-refractivity contribution in [1.29, 1.82) is 0 Å². The summed E-state index contributed by atoms with van der Waals surface area (Å²) in [5.74, 6) is -0.677. The number of benzene rings is 1. The number of halogens is 1. The van der Waals surface area contributed by atoms with E-state index in [2.05, 4.69) is 15.5 Å². The molecule has 10 nitrogen and oxygen atoms in total. The van der Waals surface area contributed by atoms with Gasteiger partial charge in [0.15, 0.2) is 22.1 Å². The van der Waals surface area contributed by atoms with E-state index in [0.29, 0.717) is 49.4 Å². The van der Waals surface area contributed by atoms with E-state index in [1.165, 1.54) is 28.6 Å². The number of piperidine rings is 1. The van der Waals surface area contributed by atoms with Crippen LogP contribution in [0.4, 0.5) is 9.52 Å². The molecule has 0 aliphatic carbocycles. The summed E-state index contributed by atoms with van der Waals surface area (Å²) in [7, 11) is -3.74. The molecule has 0 radical (unpaired) electrons. The molecule has 2 N–H and O–H groups in total. The van der Waals surface area contributed by atoms with E-state index in [9.17, 15) is 22.7 Å². The van der Waals surface area contributed by atoms with Gasteiger partial charge in [-0.1, -0.05) is 28.6 Å². The molecular formula is C20H23FN4O6S2. The smallest absolute Gasteiger partial charge is 0.280 e. The van der Waals surface area contributed by atoms with E-state index in [-0.39, 0.29) is 34.9 Å². The zero-order valence-electron chi connectivity index (χ0n) is 17.5. The zero-order chi connectivity index (χ0) is 23.4. The lowest BCUT2D eigenvalue weighted by molar-refractivity contribution is -0.110. The van der Waals surface area contributed by atoms with Crippen LogP contribution >= 0.6 is 11.3 Å². The Morgan fingerprint density at radius 3 is 2.61 bits per heavy atom. The summed E-state index contributed by atoms with van der Waals surface area (Å²) < 4.78 is 45.6. The Labute approximate surface area is 194 Å². The SMILES string of the molecule is O=C(Nc1ncc(F)s1)C(=NO[C@@H]1CCOC1)c1ccc(S(=O)(=O)N2CCC(O)CC2)cc1. The minimum atomic E-state index is -3.74. The number of thiazole rings is 1. The lowest BCUT2D eigenvalue weighted by Gasteiger charge is -2.28. The predicted octanol–water partition coefficient (Wildman–Crippen LogP) is 1.58. The molecule has 1 amide bonds. The first-order chi connectivity index (χ1) is 15.8. The third-order valence-electron chi connectivity index (χ3n) is 5.28. The average Bonchev–Trinajstić information content (AvgIpc) is 3.46. The van der Waals surface area contributed by atoms with Gasteiger partial charge in [-0.05, 0) is 25.0 Å². The Hall–Kier alpha value is -2.45. The molecule has 2 fully saturated rings. The molecule has 0 saturated carbocycles. The monoisotopic (exact) mass is 498 g/mol. The third-order valence-corrected chi connectivity index (χ3v) is 7.90. The molecule has 3 heterocycles. The van der Waals surface area contributed by atoms with E-state index in [1.807, 2.05) is 0 Å². The van der Waals surface area contributed by atoms with Crippen LogP contribution in [0, 0.1) is 5.13 Å². The van der Waals surface area contributed by atoms with E-state index >= 15 is 0 Å². The number of oxime groups is 1. The van der Waals surface area contributed by atoms with Crippen molar-refractivity contribution < 1.29 is 32.3 Å². The van der Waals surface area contributed by atoms with Crippen molar-refractivity contribution in [3.63, 3.8) is 0 Å². The molecule has 2 aliphatic rings. The van der Waals surface area contributed by atoms with Crippen LogP contribution in [0.3, 0.4) is 0 Å². The fraction of sp³-hybridized carbons (Fsp3) is 0.450. The Morgan fingerprint density at radius 2 is 2.00 bits per heavy atom. The van der Waals surface area contributed by atoms with Crippen LogP contribution in [0.5, 0.6) is 0 Å². The molecule has 1 atom stereocenters. The molecule has 0 unspecified atom stereocenters. The predicted molar refractivity (Wildman–Crippen MR) is 118 cm³/mol. The zero-order valence-corrected chi connectivity index (χ0v) is 19.1. The number of carbonyl (C=O) groups is 1. The summed E-state index contributed by atoms with van der Waals surface area (Å²) in [5.41, 5.74) is 0.207. The third kappa shape index (κ3) is 5.73. The molecular weight excluding hydrogens is 475 g/mol. The second-order valence-electron chi connectivity index (χ2n) is 7.61. The van der Waals surface area contributed by atoms with E-state index < -0.39 is 27.2 Å². The van der Waals surface area contributed by atoms with Crippen molar-refractivity contribution in [2.45, 2.75) is 36.4 Å². The van der Waals surface area contributed by atoms with Gasteiger partial charge in [-0.2, -0.15) is 8.70 Å². The molecule has 2 aromatic rings. The van der Waals surface area contributed by atoms with Gasteiger partial charge >= 0.3 is 0 Å². The summed E-state index contributed by atoms with van der Waals surface area (Å²) in [6, 6.07) is 5.70. The number of aliphatic hydroxyl groups excluding tert-OH is 1. The lowest BCUT2D eigenvalue weighted by Crippen LogP contribution is -2.40. The summed E-state index contributed by atoms with van der Waals surface area (Å²) in [5, 5.41) is 15.6. The van der Waals surface area contributed by atoms with Crippen molar-refractivity contribution in [2.75, 3.05) is 31.6 Å². The van der Waals surface area contributed by atoms with Crippen LogP contribution in [0.1, 0.15) is 24.8 Å². The number of amides is 1. The van der Waals surface area contributed by atoms with Gasteiger partial charge in [-0.25, -0.2) is 13.4 Å². The summed E-state index contributed by atoms with van der Waals surface area (Å²) in [4.78, 5) is 22.1. The highest BCUT2D eigenvalue weighted by Gasteiger charge is 2.29. The van der Waals surface area contributed by atoms with Crippen molar-refractivity contribution in [1.82, 2.24) is 9.29 Å². The first-order valence-electron chi connectivity index (χ1n) is 10.4. The first kappa shape index (κ1) is 23.7. The molecule has 0 bridgehead atoms. The van der Waals surface area contributed by atoms with Crippen LogP contribution in [0.25, 0.3) is 0 Å². The molecule has 178 valence electrons. The minimum absolute atomic E-state index is 0.0564. The van der Waals surface area contributed by atoms with Gasteiger partial charge < -0.3 is 14.7 Å². The van der Waals surface area contributed by atoms with Gasteiger partial charge in [-0.15, -0.1) is 0 Å². The summed E-state index contributed by atoms with van der Waals surface area (Å²) >= 11 is 0.666. The number of hydrogen-bond donors (Lipinski definition) is 2. The molecule has 2 aliphatic heterocycles. The molecule has 2 saturated heterocycles. The standard InChI is InChI=1S/C20H23FN4O6S2/c21-17-11-22-20(32-17)23-19(27)18(24-31-15-7-10-30-12-15)13-1-3-16(4-2-13)33(28,29)25-8-5-14(26)6-9-25/h1-4,11,14-15,26H,5-10,12H2,(H,22,23,27)/t15-/m1/s1. The summed E-state index contributed by atoms with van der Waals surface area (Å²) in [6.45, 7) is 1.35. The number of nitrogens with zero attached hydrogens (tertiary/aromatic N) is 3. The largest absolute Gasteiger partial charge is 0.393 e. The van der Waals surface area contributed by atoms with Crippen molar-refractivity contribution >= 4 is 38.1 Å². The van der Waals surface area contributed by atoms with Crippen molar-refractivity contribution in [3.8, 4) is 0 Å². The van der Waals surface area contributed by atoms with Crippen LogP contribution < -0.4 is 5.32 Å². The van der Waals surface area contributed by atoms with Crippen LogP contribution in [0.2, 0.25) is 0 Å². The number of anilines is 1. The topological polar surface area (TPSA) is 130 Å². The minimum Gasteiger partial charge on any atom is -0.393 e. The maximum absolute atomic E-state index is 13.2. The van der Waals surface area contributed by atoms with Crippen molar-refractivity contribution in [3.05, 3.63) is 41.2 Å². The van der Waals surface area contributed by atoms with Gasteiger partial charge in [0.05, 0.1) is 30.4 Å². The van der Waals surface area contributed by atoms with Crippen molar-refractivity contribution in [2.24, 2.45) is 5.16 Å². The normalized spacial score (nSPS) is 20.7. The average molecular weight is 499 g/mol. The number of hydrogen-bond acceptors (Lipinski definition) is 9. The van der Waals surface area contributed by atoms with E-state index in [4.69, 9.17) is 9.57 Å². The second kappa shape index (κ2) is 10.2. The first-order valence-corrected chi connectivity index (χ1v) is 12.6. The van der Waals surface area contributed by atoms with Gasteiger partial charge in [0.2, 0.25) is 10.0 Å². The van der Waals surface area contributed by atoms with Gasteiger partial charge in [0, 0.05) is 25.1 Å². The number of aliphatic hydroxyl groups is 1. The second-order valence-corrected chi connectivity index (χ2v) is 10.5. The number of sulfonamides is 1. The molecule has 1 aromatic heterocycles. The molecule has 0 spiro atoms. The number of nitrogens with one attached hydrogen (secondary N) is 1. The summed E-state index contributed by atoms with van der Waals surface area (Å²) in [6.07, 6.45) is 1.58. The van der Waals surface area contributed by atoms with Crippen LogP contribution in [0.15, 0.2) is 40.5 Å². The quantitative estimate of drug-likeness (QED) is 0.438. The Kier molecular flexibility index (Phi) is 7.34. The molecule has 1 aromatic carbocycles. The number of aromatic nitrogens is 1. The van der Waals surface area contributed by atoms with Gasteiger partial charge in [0.25, 0.3) is 5.91 Å². The highest BCUT2D eigenvalue weighted by Crippen LogP contribution is 2.22. The maximum atomic E-state index is 13.2. The number of carbonyl (C=O) groups excluding carboxylic acids is 1. The number of ether oxygens (including phenoxy) is 1. The lowest BCUT2D eigenvalue weighted by atomic mass is 10.1. The Morgan fingerprint density at radius 1 is 1.27 bits per heavy atom. The molecule has 13 heteroatoms. The number of rotatable bonds is 7. The fourth-order valence-corrected chi connectivity index (χ4v) is 5.44. The highest BCUT2D eigenvalue weighted by atomic mass is 32.2. The molecule has 4 rings (SSSR count). The van der Waals surface area contributed by atoms with E-state index in [1.54, 1.807) is 0 Å². The maximum Gasteiger partial charge on any atom is 0.280 e. The Balaban J connectivity index is 1.55. The van der Waals surface area contributed by atoms with E-state index in [0.717, 1.165) is 6.20 Å². The fourth-order valence-electron chi connectivity index (χ4n) is 3.43. The van der Waals surface area contributed by atoms with Crippen LogP contribution in [-0.2, 0) is 24.4 Å². The highest BCUT2D eigenvalue weighted by molar-refractivity contribution is 7.89. The van der Waals surface area contributed by atoms with Crippen LogP contribution in [-0.4, -0.2) is 72.9 Å². The van der Waals surface area contributed by atoms with Gasteiger partial charge in [0.1, 0.15) is 0 Å².